The van der Waals surface area contributed by atoms with Gasteiger partial charge in [-0.3, -0.25) is 4.90 Å². The summed E-state index contributed by atoms with van der Waals surface area (Å²) in [6.45, 7) is 13.6. The van der Waals surface area contributed by atoms with Crippen LogP contribution in [0.2, 0.25) is 0 Å². The number of nitrogens with zero attached hydrogens (tertiary/aromatic N) is 2. The molecule has 0 unspecified atom stereocenters. The molecule has 1 fully saturated rings. The summed E-state index contributed by atoms with van der Waals surface area (Å²) in [4.78, 5) is 10.8. The summed E-state index contributed by atoms with van der Waals surface area (Å²) >= 11 is 3.64. The Hall–Kier alpha value is -2.06. The number of allylic oxidation sites excluding steroid dienone is 1. The monoisotopic (exact) mass is 439 g/mol. The van der Waals surface area contributed by atoms with Gasteiger partial charge in [0.1, 0.15) is 5.82 Å². The molecule has 4 N–H and O–H groups in total. The lowest BCUT2D eigenvalue weighted by atomic mass is 10.1. The summed E-state index contributed by atoms with van der Waals surface area (Å²) in [5.41, 5.74) is 12.0. The first-order valence-corrected chi connectivity index (χ1v) is 12.0. The van der Waals surface area contributed by atoms with E-state index in [2.05, 4.69) is 65.2 Å². The highest BCUT2D eigenvalue weighted by Crippen LogP contribution is 2.39. The largest absolute Gasteiger partial charge is 0.397 e. The van der Waals surface area contributed by atoms with Gasteiger partial charge in [-0.25, -0.2) is 4.99 Å². The lowest BCUT2D eigenvalue weighted by Crippen LogP contribution is -2.42. The van der Waals surface area contributed by atoms with Gasteiger partial charge >= 0.3 is 0 Å². The highest BCUT2D eigenvalue weighted by atomic mass is 32.2. The van der Waals surface area contributed by atoms with E-state index in [0.717, 1.165) is 54.8 Å². The Balaban J connectivity index is 1.44. The Kier molecular flexibility index (Phi) is 6.63. The van der Waals surface area contributed by atoms with Crippen LogP contribution in [0.25, 0.3) is 5.70 Å². The quantitative estimate of drug-likeness (QED) is 0.586. The molecule has 0 spiro atoms. The number of anilines is 1. The van der Waals surface area contributed by atoms with E-state index in [-0.39, 0.29) is 0 Å². The second-order valence-electron chi connectivity index (χ2n) is 7.85. The second-order valence-corrected chi connectivity index (χ2v) is 10.1. The molecule has 0 radical (unpaired) electrons. The van der Waals surface area contributed by atoms with Gasteiger partial charge < -0.3 is 16.4 Å². The van der Waals surface area contributed by atoms with E-state index in [4.69, 9.17) is 5.73 Å². The number of hydrogen-bond acceptors (Lipinski definition) is 7. The van der Waals surface area contributed by atoms with Gasteiger partial charge in [-0.1, -0.05) is 12.6 Å². The average molecular weight is 440 g/mol. The van der Waals surface area contributed by atoms with Gasteiger partial charge in [0.2, 0.25) is 0 Å². The Morgan fingerprint density at radius 2 is 1.97 bits per heavy atom. The molecule has 0 aliphatic carbocycles. The number of fused-ring (bicyclic) bond motifs is 1. The highest BCUT2D eigenvalue weighted by Gasteiger charge is 2.21. The summed E-state index contributed by atoms with van der Waals surface area (Å²) in [6, 6.07) is 8.60. The number of piperazine rings is 1. The average Bonchev–Trinajstić information content (AvgIpc) is 3.11. The predicted molar refractivity (Wildman–Crippen MR) is 132 cm³/mol. The fourth-order valence-corrected chi connectivity index (χ4v) is 6.10. The maximum absolute atomic E-state index is 6.52. The third-order valence-electron chi connectivity index (χ3n) is 5.21. The van der Waals surface area contributed by atoms with Crippen molar-refractivity contribution < 1.29 is 0 Å². The number of thiophene rings is 1. The first-order valence-electron chi connectivity index (χ1n) is 10.2. The van der Waals surface area contributed by atoms with Gasteiger partial charge in [-0.05, 0) is 43.2 Å². The lowest BCUT2D eigenvalue weighted by Gasteiger charge is -2.26. The SMILES string of the molecule is C=C(N=CC1=C(N)c2cc(CN3CCNCC3)sc2CS1)Nc1cc(C)cc(C)c1. The number of aliphatic imine (C=N–C) groups is 1. The van der Waals surface area contributed by atoms with Crippen molar-refractivity contribution in [2.24, 2.45) is 10.7 Å². The molecule has 2 aliphatic heterocycles. The van der Waals surface area contributed by atoms with E-state index in [1.54, 1.807) is 11.8 Å². The van der Waals surface area contributed by atoms with Crippen LogP contribution in [0.15, 0.2) is 46.6 Å². The smallest absolute Gasteiger partial charge is 0.123 e. The van der Waals surface area contributed by atoms with E-state index in [1.807, 2.05) is 17.6 Å². The molecule has 0 amide bonds. The van der Waals surface area contributed by atoms with Crippen molar-refractivity contribution in [3.63, 3.8) is 0 Å². The van der Waals surface area contributed by atoms with Crippen LogP contribution in [0.3, 0.4) is 0 Å². The number of aryl methyl sites for hydroxylation is 2. The van der Waals surface area contributed by atoms with Crippen LogP contribution in [0.4, 0.5) is 5.69 Å². The van der Waals surface area contributed by atoms with E-state index in [1.165, 1.54) is 26.4 Å². The third-order valence-corrected chi connectivity index (χ3v) is 7.58. The van der Waals surface area contributed by atoms with Gasteiger partial charge in [0.05, 0.1) is 5.70 Å². The summed E-state index contributed by atoms with van der Waals surface area (Å²) in [7, 11) is 0. The zero-order valence-corrected chi connectivity index (χ0v) is 19.3. The van der Waals surface area contributed by atoms with Crippen molar-refractivity contribution in [2.75, 3.05) is 31.5 Å². The van der Waals surface area contributed by atoms with E-state index >= 15 is 0 Å². The Morgan fingerprint density at radius 1 is 1.23 bits per heavy atom. The van der Waals surface area contributed by atoms with Crippen LogP contribution >= 0.6 is 23.1 Å². The van der Waals surface area contributed by atoms with Crippen molar-refractivity contribution in [3.05, 3.63) is 68.0 Å². The maximum atomic E-state index is 6.52. The zero-order chi connectivity index (χ0) is 21.1. The summed E-state index contributed by atoms with van der Waals surface area (Å²) < 4.78 is 0. The van der Waals surface area contributed by atoms with Crippen molar-refractivity contribution in [3.8, 4) is 0 Å². The number of nitrogens with one attached hydrogen (secondary N) is 2. The van der Waals surface area contributed by atoms with Crippen molar-refractivity contribution in [1.29, 1.82) is 0 Å². The number of hydrogen-bond donors (Lipinski definition) is 3. The predicted octanol–water partition coefficient (Wildman–Crippen LogP) is 4.30. The standard InChI is InChI=1S/C23H29N5S2/c1-15-8-16(2)10-18(9-15)27-17(3)26-12-21-23(24)20-11-19(30-22(20)14-29-21)13-28-6-4-25-5-7-28/h8-12,25,27H,3-7,13-14,24H2,1-2H3. The third kappa shape index (κ3) is 5.16. The van der Waals surface area contributed by atoms with Crippen LogP contribution in [0, 0.1) is 13.8 Å². The van der Waals surface area contributed by atoms with Gasteiger partial charge in [0.15, 0.2) is 0 Å². The first-order chi connectivity index (χ1) is 14.5. The summed E-state index contributed by atoms with van der Waals surface area (Å²) in [5.74, 6) is 1.55. The van der Waals surface area contributed by atoms with Crippen LogP contribution in [-0.4, -0.2) is 37.3 Å². The Labute approximate surface area is 187 Å². The van der Waals surface area contributed by atoms with Crippen LogP contribution in [0.5, 0.6) is 0 Å². The minimum Gasteiger partial charge on any atom is -0.397 e. The Bertz CT molecular complexity index is 979. The number of thioether (sulfide) groups is 1. The highest BCUT2D eigenvalue weighted by molar-refractivity contribution is 8.03. The minimum absolute atomic E-state index is 0.608. The molecule has 1 saturated heterocycles. The minimum atomic E-state index is 0.608. The Morgan fingerprint density at radius 3 is 2.70 bits per heavy atom. The molecule has 5 nitrogen and oxygen atoms in total. The van der Waals surface area contributed by atoms with Crippen molar-refractivity contribution in [1.82, 2.24) is 10.2 Å². The fraction of sp³-hybridized carbons (Fsp3) is 0.348. The molecule has 3 heterocycles. The van der Waals surface area contributed by atoms with E-state index < -0.39 is 0 Å². The lowest BCUT2D eigenvalue weighted by molar-refractivity contribution is 0.235. The van der Waals surface area contributed by atoms with Crippen LogP contribution in [-0.2, 0) is 12.3 Å². The molecular weight excluding hydrogens is 410 g/mol. The molecule has 0 saturated carbocycles. The molecule has 30 heavy (non-hydrogen) atoms. The van der Waals surface area contributed by atoms with Gasteiger partial charge in [0.25, 0.3) is 0 Å². The van der Waals surface area contributed by atoms with Crippen molar-refractivity contribution >= 4 is 40.7 Å². The van der Waals surface area contributed by atoms with Crippen molar-refractivity contribution in [2.45, 2.75) is 26.1 Å². The fourth-order valence-electron chi connectivity index (χ4n) is 3.83. The van der Waals surface area contributed by atoms with Crippen LogP contribution in [0.1, 0.15) is 26.4 Å². The van der Waals surface area contributed by atoms with E-state index in [0.29, 0.717) is 5.82 Å². The van der Waals surface area contributed by atoms with Crippen LogP contribution < -0.4 is 16.4 Å². The molecule has 2 aromatic rings. The molecule has 158 valence electrons. The maximum Gasteiger partial charge on any atom is 0.123 e. The molecule has 1 aromatic carbocycles. The van der Waals surface area contributed by atoms with Gasteiger partial charge in [-0.2, -0.15) is 0 Å². The molecular formula is C23H29N5S2. The number of rotatable bonds is 6. The second kappa shape index (κ2) is 9.39. The summed E-state index contributed by atoms with van der Waals surface area (Å²) in [5, 5.41) is 6.68. The molecule has 7 heteroatoms. The topological polar surface area (TPSA) is 65.7 Å². The molecule has 1 aromatic heterocycles. The molecule has 2 aliphatic rings. The number of benzene rings is 1. The molecule has 4 rings (SSSR count). The van der Waals surface area contributed by atoms with Gasteiger partial charge in [0, 0.05) is 70.6 Å². The zero-order valence-electron chi connectivity index (χ0n) is 17.6. The van der Waals surface area contributed by atoms with Gasteiger partial charge in [-0.15, -0.1) is 23.1 Å². The molecule has 0 atom stereocenters. The number of nitrogens with two attached hydrogens (primary N) is 1. The van der Waals surface area contributed by atoms with E-state index in [9.17, 15) is 0 Å². The first kappa shape index (κ1) is 21.2. The molecule has 0 bridgehead atoms. The normalized spacial score (nSPS) is 17.4. The summed E-state index contributed by atoms with van der Waals surface area (Å²) in [6.07, 6.45) is 1.84.